The molecular formula is C30H40FN7O3S. The molecule has 12 heteroatoms. The van der Waals surface area contributed by atoms with E-state index in [9.17, 15) is 13.8 Å². The lowest BCUT2D eigenvalue weighted by molar-refractivity contribution is -0.107. The summed E-state index contributed by atoms with van der Waals surface area (Å²) in [5, 5.41) is 7.62. The summed E-state index contributed by atoms with van der Waals surface area (Å²) in [6.45, 7) is 4.06. The fourth-order valence-electron chi connectivity index (χ4n) is 6.01. The van der Waals surface area contributed by atoms with Crippen LogP contribution in [0.3, 0.4) is 0 Å². The second-order valence-electron chi connectivity index (χ2n) is 11.2. The van der Waals surface area contributed by atoms with Gasteiger partial charge in [-0.15, -0.1) is 0 Å². The molecule has 0 radical (unpaired) electrons. The number of fused-ring (bicyclic) bond motifs is 1. The minimum atomic E-state index is -1.19. The highest BCUT2D eigenvalue weighted by Crippen LogP contribution is 2.35. The van der Waals surface area contributed by atoms with Crippen molar-refractivity contribution >= 4 is 40.0 Å². The minimum absolute atomic E-state index is 0.0680. The van der Waals surface area contributed by atoms with Crippen molar-refractivity contribution in [2.45, 2.75) is 55.5 Å². The van der Waals surface area contributed by atoms with Gasteiger partial charge in [0.2, 0.25) is 0 Å². The number of rotatable bonds is 9. The number of nitrogens with zero attached hydrogens (tertiary/aromatic N) is 5. The summed E-state index contributed by atoms with van der Waals surface area (Å²) in [6, 6.07) is 11.1. The van der Waals surface area contributed by atoms with E-state index in [1.54, 1.807) is 11.7 Å². The Bertz CT molecular complexity index is 1450. The van der Waals surface area contributed by atoms with Crippen LogP contribution in [0.25, 0.3) is 10.9 Å². The van der Waals surface area contributed by atoms with Gasteiger partial charge in [-0.3, -0.25) is 14.5 Å². The van der Waals surface area contributed by atoms with Crippen molar-refractivity contribution in [2.24, 2.45) is 12.8 Å². The average Bonchev–Trinajstić information content (AvgIpc) is 3.31. The van der Waals surface area contributed by atoms with Crippen LogP contribution in [0.2, 0.25) is 0 Å². The van der Waals surface area contributed by atoms with E-state index in [1.165, 1.54) is 18.0 Å². The maximum Gasteiger partial charge on any atom is 0.322 e. The summed E-state index contributed by atoms with van der Waals surface area (Å²) in [5.74, 6) is 0.0932. The number of nitrogens with one attached hydrogen (secondary N) is 1. The molecule has 0 aliphatic carbocycles. The lowest BCUT2D eigenvalue weighted by atomic mass is 9.88. The normalized spacial score (nSPS) is 18.3. The smallest absolute Gasteiger partial charge is 0.322 e. The van der Waals surface area contributed by atoms with Gasteiger partial charge in [0.05, 0.1) is 10.4 Å². The number of anilines is 1. The molecule has 0 spiro atoms. The van der Waals surface area contributed by atoms with Gasteiger partial charge in [-0.05, 0) is 80.1 Å². The summed E-state index contributed by atoms with van der Waals surface area (Å²) >= 11 is 0. The molecule has 2 amide bonds. The zero-order valence-corrected chi connectivity index (χ0v) is 25.1. The standard InChI is InChI=1S/C30H40FN7O3S/c1-33-30(40)38(11-4-16-39)29-26-18-27(31)25(19-28(26)35(2)34-29)22-7-12-36(13-8-22)20-21-5-3-6-24(17-21)42(41)37-14-9-23(32)10-15-37/h3,5-6,16-19,22-23H,4,7-15,20,32H2,1-2H3,(H,33,40). The molecule has 1 atom stereocenters. The Balaban J connectivity index is 1.25. The van der Waals surface area contributed by atoms with Crippen LogP contribution in [-0.2, 0) is 29.4 Å². The quantitative estimate of drug-likeness (QED) is 0.366. The molecule has 1 aromatic heterocycles. The van der Waals surface area contributed by atoms with E-state index in [0.717, 1.165) is 80.7 Å². The van der Waals surface area contributed by atoms with Crippen LogP contribution in [0.5, 0.6) is 0 Å². The van der Waals surface area contributed by atoms with Gasteiger partial charge in [0.1, 0.15) is 23.1 Å². The first-order chi connectivity index (χ1) is 20.3. The van der Waals surface area contributed by atoms with Gasteiger partial charge in [0.15, 0.2) is 5.82 Å². The molecular weight excluding hydrogens is 557 g/mol. The number of aryl methyl sites for hydroxylation is 1. The molecule has 0 bridgehead atoms. The van der Waals surface area contributed by atoms with Gasteiger partial charge in [-0.2, -0.15) is 5.10 Å². The van der Waals surface area contributed by atoms with Crippen molar-refractivity contribution in [2.75, 3.05) is 44.7 Å². The molecule has 2 fully saturated rings. The highest BCUT2D eigenvalue weighted by Gasteiger charge is 2.27. The lowest BCUT2D eigenvalue weighted by Crippen LogP contribution is -2.40. The number of carbonyl (C=O) groups excluding carboxylic acids is 2. The van der Waals surface area contributed by atoms with Crippen LogP contribution in [-0.4, -0.2) is 81.3 Å². The SMILES string of the molecule is CNC(=O)N(CCC=O)c1nn(C)c2cc(C3CCN(Cc4cccc(S(=O)N5CCC(N)CC5)c4)CC3)c(F)cc12. The number of nitrogens with two attached hydrogens (primary N) is 1. The number of piperidine rings is 2. The molecule has 1 unspecified atom stereocenters. The second-order valence-corrected chi connectivity index (χ2v) is 12.7. The first kappa shape index (κ1) is 30.3. The first-order valence-corrected chi connectivity index (χ1v) is 15.7. The van der Waals surface area contributed by atoms with Gasteiger partial charge >= 0.3 is 6.03 Å². The lowest BCUT2D eigenvalue weighted by Gasteiger charge is -2.32. The molecule has 2 aliphatic heterocycles. The number of benzene rings is 2. The fraction of sp³-hybridized carbons (Fsp3) is 0.500. The highest BCUT2D eigenvalue weighted by atomic mass is 32.2. The maximum atomic E-state index is 15.6. The average molecular weight is 598 g/mol. The predicted molar refractivity (Wildman–Crippen MR) is 162 cm³/mol. The molecule has 2 aliphatic rings. The van der Waals surface area contributed by atoms with Crippen LogP contribution in [0, 0.1) is 5.82 Å². The number of halogens is 1. The molecule has 226 valence electrons. The Morgan fingerprint density at radius 3 is 2.60 bits per heavy atom. The Morgan fingerprint density at radius 2 is 1.90 bits per heavy atom. The Kier molecular flexibility index (Phi) is 9.67. The van der Waals surface area contributed by atoms with Gasteiger partial charge in [-0.1, -0.05) is 12.1 Å². The molecule has 42 heavy (non-hydrogen) atoms. The van der Waals surface area contributed by atoms with Crippen molar-refractivity contribution < 1.29 is 18.2 Å². The number of hydrogen-bond acceptors (Lipinski definition) is 6. The van der Waals surface area contributed by atoms with E-state index in [1.807, 2.05) is 28.6 Å². The molecule has 0 saturated carbocycles. The Hall–Kier alpha value is -3.19. The summed E-state index contributed by atoms with van der Waals surface area (Å²) in [4.78, 5) is 28.0. The molecule has 2 aromatic carbocycles. The Labute approximate surface area is 248 Å². The largest absolute Gasteiger partial charge is 0.341 e. The van der Waals surface area contributed by atoms with Gasteiger partial charge in [0.25, 0.3) is 0 Å². The molecule has 2 saturated heterocycles. The molecule has 3 N–H and O–H groups in total. The zero-order chi connectivity index (χ0) is 29.8. The number of urea groups is 1. The first-order valence-electron chi connectivity index (χ1n) is 14.6. The van der Waals surface area contributed by atoms with Crippen molar-refractivity contribution in [1.82, 2.24) is 24.3 Å². The van der Waals surface area contributed by atoms with Crippen molar-refractivity contribution in [3.05, 3.63) is 53.3 Å². The summed E-state index contributed by atoms with van der Waals surface area (Å²) in [5.41, 5.74) is 8.54. The second kappa shape index (κ2) is 13.4. The van der Waals surface area contributed by atoms with Crippen LogP contribution in [0.1, 0.15) is 49.1 Å². The number of amides is 2. The highest BCUT2D eigenvalue weighted by molar-refractivity contribution is 7.82. The fourth-order valence-corrected chi connectivity index (χ4v) is 7.30. The predicted octanol–water partition coefficient (Wildman–Crippen LogP) is 3.27. The van der Waals surface area contributed by atoms with E-state index < -0.39 is 17.0 Å². The third-order valence-corrected chi connectivity index (χ3v) is 9.89. The van der Waals surface area contributed by atoms with E-state index in [0.29, 0.717) is 16.8 Å². The third kappa shape index (κ3) is 6.56. The molecule has 3 heterocycles. The van der Waals surface area contributed by atoms with Crippen molar-refractivity contribution in [1.29, 1.82) is 0 Å². The van der Waals surface area contributed by atoms with Gasteiger partial charge < -0.3 is 15.8 Å². The number of hydrogen-bond donors (Lipinski definition) is 2. The van der Waals surface area contributed by atoms with E-state index >= 15 is 4.39 Å². The zero-order valence-electron chi connectivity index (χ0n) is 24.3. The maximum absolute atomic E-state index is 15.6. The summed E-state index contributed by atoms with van der Waals surface area (Å²) in [6.07, 6.45) is 4.26. The van der Waals surface area contributed by atoms with Crippen LogP contribution >= 0.6 is 0 Å². The molecule has 3 aromatic rings. The van der Waals surface area contributed by atoms with Gasteiger partial charge in [-0.25, -0.2) is 17.7 Å². The number of aromatic nitrogens is 2. The molecule has 5 rings (SSSR count). The van der Waals surface area contributed by atoms with E-state index in [-0.39, 0.29) is 30.7 Å². The van der Waals surface area contributed by atoms with E-state index in [4.69, 9.17) is 5.73 Å². The summed E-state index contributed by atoms with van der Waals surface area (Å²) in [7, 11) is 2.10. The van der Waals surface area contributed by atoms with Crippen LogP contribution in [0.15, 0.2) is 41.3 Å². The number of carbonyl (C=O) groups is 2. The van der Waals surface area contributed by atoms with E-state index in [2.05, 4.69) is 21.4 Å². The molecule has 10 nitrogen and oxygen atoms in total. The van der Waals surface area contributed by atoms with Crippen LogP contribution in [0.4, 0.5) is 15.0 Å². The number of aldehydes is 1. The summed E-state index contributed by atoms with van der Waals surface area (Å²) < 4.78 is 32.4. The van der Waals surface area contributed by atoms with Gasteiger partial charge in [0, 0.05) is 58.1 Å². The monoisotopic (exact) mass is 597 g/mol. The Morgan fingerprint density at radius 1 is 1.17 bits per heavy atom. The van der Waals surface area contributed by atoms with Crippen LogP contribution < -0.4 is 16.0 Å². The van der Waals surface area contributed by atoms with Crippen molar-refractivity contribution in [3.8, 4) is 0 Å². The van der Waals surface area contributed by atoms with Crippen molar-refractivity contribution in [3.63, 3.8) is 0 Å². The third-order valence-electron chi connectivity index (χ3n) is 8.40. The topological polar surface area (TPSA) is 117 Å². The number of likely N-dealkylation sites (tertiary alicyclic amines) is 1. The minimum Gasteiger partial charge on any atom is -0.341 e.